The number of nitrogens with zero attached hydrogens (tertiary/aromatic N) is 1. The van der Waals surface area contributed by atoms with Gasteiger partial charge in [-0.2, -0.15) is 13.2 Å². The minimum absolute atomic E-state index is 0.0749. The molecule has 1 aromatic heterocycles. The minimum Gasteiger partial charge on any atom is -0.508 e. The van der Waals surface area contributed by atoms with Crippen LogP contribution in [0.15, 0.2) is 48.5 Å². The van der Waals surface area contributed by atoms with Crippen molar-refractivity contribution in [3.63, 3.8) is 0 Å². The number of aromatic nitrogens is 1. The van der Waals surface area contributed by atoms with Gasteiger partial charge in [-0.15, -0.1) is 0 Å². The monoisotopic (exact) mass is 365 g/mol. The lowest BCUT2D eigenvalue weighted by Crippen LogP contribution is -2.32. The van der Waals surface area contributed by atoms with Crippen LogP contribution in [0, 0.1) is 5.92 Å². The molecule has 0 bridgehead atoms. The maximum absolute atomic E-state index is 13.1. The average Bonchev–Trinajstić information content (AvgIpc) is 2.91. The summed E-state index contributed by atoms with van der Waals surface area (Å²) in [5.41, 5.74) is 1.98. The Morgan fingerprint density at radius 3 is 2.31 bits per heavy atom. The summed E-state index contributed by atoms with van der Waals surface area (Å²) in [5.74, 6) is -2.60. The molecular formula is C19H18F3NO3. The van der Waals surface area contributed by atoms with Crippen molar-refractivity contribution in [3.8, 4) is 17.0 Å². The maximum atomic E-state index is 13.1. The molecule has 0 aliphatic rings. The molecule has 4 nitrogen and oxygen atoms in total. The molecule has 26 heavy (non-hydrogen) atoms. The fraction of sp³-hybridized carbons (Fsp3) is 0.263. The zero-order valence-corrected chi connectivity index (χ0v) is 13.9. The normalized spacial score (nSPS) is 14.5. The van der Waals surface area contributed by atoms with Gasteiger partial charge in [0.25, 0.3) is 0 Å². The van der Waals surface area contributed by atoms with Crippen LogP contribution < -0.4 is 0 Å². The van der Waals surface area contributed by atoms with E-state index in [9.17, 15) is 23.4 Å². The molecule has 3 rings (SSSR count). The Labute approximate surface area is 147 Å². The summed E-state index contributed by atoms with van der Waals surface area (Å²) < 4.78 is 41.1. The Balaban J connectivity index is 2.21. The van der Waals surface area contributed by atoms with E-state index >= 15 is 0 Å². The van der Waals surface area contributed by atoms with E-state index < -0.39 is 24.8 Å². The van der Waals surface area contributed by atoms with Gasteiger partial charge < -0.3 is 19.9 Å². The first kappa shape index (κ1) is 18.3. The number of aliphatic hydroxyl groups is 2. The van der Waals surface area contributed by atoms with Gasteiger partial charge in [0, 0.05) is 24.2 Å². The van der Waals surface area contributed by atoms with E-state index in [1.54, 1.807) is 17.7 Å². The van der Waals surface area contributed by atoms with Crippen LogP contribution >= 0.6 is 0 Å². The van der Waals surface area contributed by atoms with Gasteiger partial charge in [-0.25, -0.2) is 0 Å². The molecule has 0 saturated heterocycles. The van der Waals surface area contributed by atoms with E-state index in [0.717, 1.165) is 17.3 Å². The molecule has 0 radical (unpaired) electrons. The number of aromatic hydroxyl groups is 1. The lowest BCUT2D eigenvalue weighted by molar-refractivity contribution is -0.210. The van der Waals surface area contributed by atoms with Gasteiger partial charge >= 0.3 is 6.18 Å². The molecule has 0 aliphatic heterocycles. The summed E-state index contributed by atoms with van der Waals surface area (Å²) in [6.45, 7) is -1.25. The third-order valence-corrected chi connectivity index (χ3v) is 4.57. The van der Waals surface area contributed by atoms with Gasteiger partial charge in [0.2, 0.25) is 0 Å². The Kier molecular flexibility index (Phi) is 4.68. The molecule has 0 saturated carbocycles. The van der Waals surface area contributed by atoms with E-state index in [0.29, 0.717) is 10.9 Å². The van der Waals surface area contributed by atoms with Crippen LogP contribution in [0.2, 0.25) is 0 Å². The topological polar surface area (TPSA) is 65.6 Å². The van der Waals surface area contributed by atoms with E-state index in [-0.39, 0.29) is 11.3 Å². The lowest BCUT2D eigenvalue weighted by atomic mass is 9.93. The average molecular weight is 365 g/mol. The highest BCUT2D eigenvalue weighted by Crippen LogP contribution is 2.41. The number of aliphatic hydroxyl groups excluding tert-OH is 2. The number of phenols is 1. The summed E-state index contributed by atoms with van der Waals surface area (Å²) in [5, 5.41) is 29.8. The Morgan fingerprint density at radius 1 is 1.08 bits per heavy atom. The standard InChI is InChI=1S/C19H18F3NO3/c1-23-16(11-5-3-2-4-6-11)9-13-14(7-12(25)8-17(13)23)18(26)15(10-24)19(20,21)22/h2-9,15,18,24-26H,10H2,1H3. The van der Waals surface area contributed by atoms with Crippen LogP contribution in [-0.4, -0.2) is 32.7 Å². The molecular weight excluding hydrogens is 347 g/mol. The van der Waals surface area contributed by atoms with Crippen LogP contribution in [0.25, 0.3) is 22.2 Å². The summed E-state index contributed by atoms with van der Waals surface area (Å²) in [6, 6.07) is 13.5. The summed E-state index contributed by atoms with van der Waals surface area (Å²) in [4.78, 5) is 0. The summed E-state index contributed by atoms with van der Waals surface area (Å²) in [7, 11) is 1.73. The molecule has 0 aliphatic carbocycles. The van der Waals surface area contributed by atoms with Crippen molar-refractivity contribution < 1.29 is 28.5 Å². The molecule has 2 atom stereocenters. The van der Waals surface area contributed by atoms with Gasteiger partial charge in [0.05, 0.1) is 18.2 Å². The van der Waals surface area contributed by atoms with E-state index in [4.69, 9.17) is 5.11 Å². The van der Waals surface area contributed by atoms with Crippen molar-refractivity contribution in [1.29, 1.82) is 0 Å². The highest BCUT2D eigenvalue weighted by Gasteiger charge is 2.45. The van der Waals surface area contributed by atoms with Gasteiger partial charge in [-0.1, -0.05) is 30.3 Å². The molecule has 2 unspecified atom stereocenters. The fourth-order valence-corrected chi connectivity index (χ4v) is 3.17. The first-order valence-corrected chi connectivity index (χ1v) is 7.97. The number of halogens is 3. The van der Waals surface area contributed by atoms with Gasteiger partial charge in [0.15, 0.2) is 0 Å². The predicted octanol–water partition coefficient (Wildman–Crippen LogP) is 3.76. The van der Waals surface area contributed by atoms with Crippen molar-refractivity contribution in [2.45, 2.75) is 12.3 Å². The van der Waals surface area contributed by atoms with Crippen molar-refractivity contribution in [1.82, 2.24) is 4.57 Å². The van der Waals surface area contributed by atoms with Crippen LogP contribution in [0.1, 0.15) is 11.7 Å². The predicted molar refractivity (Wildman–Crippen MR) is 91.6 cm³/mol. The van der Waals surface area contributed by atoms with Gasteiger partial charge in [-0.05, 0) is 23.3 Å². The molecule has 0 amide bonds. The van der Waals surface area contributed by atoms with E-state index in [2.05, 4.69) is 0 Å². The second-order valence-corrected chi connectivity index (χ2v) is 6.20. The Bertz CT molecular complexity index is 919. The van der Waals surface area contributed by atoms with E-state index in [1.807, 2.05) is 30.3 Å². The van der Waals surface area contributed by atoms with Crippen molar-refractivity contribution in [2.24, 2.45) is 13.0 Å². The number of hydrogen-bond donors (Lipinski definition) is 3. The molecule has 1 heterocycles. The van der Waals surface area contributed by atoms with Crippen molar-refractivity contribution in [3.05, 3.63) is 54.1 Å². The van der Waals surface area contributed by atoms with Crippen molar-refractivity contribution in [2.75, 3.05) is 6.61 Å². The first-order chi connectivity index (χ1) is 12.2. The second-order valence-electron chi connectivity index (χ2n) is 6.20. The smallest absolute Gasteiger partial charge is 0.396 e. The van der Waals surface area contributed by atoms with E-state index in [1.165, 1.54) is 6.07 Å². The van der Waals surface area contributed by atoms with Gasteiger partial charge in [0.1, 0.15) is 11.7 Å². The largest absolute Gasteiger partial charge is 0.508 e. The molecule has 3 N–H and O–H groups in total. The zero-order valence-electron chi connectivity index (χ0n) is 13.9. The fourth-order valence-electron chi connectivity index (χ4n) is 3.17. The lowest BCUT2D eigenvalue weighted by Gasteiger charge is -2.24. The molecule has 0 spiro atoms. The van der Waals surface area contributed by atoms with Crippen LogP contribution in [-0.2, 0) is 7.05 Å². The second kappa shape index (κ2) is 6.66. The van der Waals surface area contributed by atoms with Crippen LogP contribution in [0.5, 0.6) is 5.75 Å². The highest BCUT2D eigenvalue weighted by molar-refractivity contribution is 5.91. The molecule has 0 fully saturated rings. The van der Waals surface area contributed by atoms with Crippen LogP contribution in [0.3, 0.4) is 0 Å². The quantitative estimate of drug-likeness (QED) is 0.660. The Hall–Kier alpha value is -2.51. The zero-order chi connectivity index (χ0) is 19.1. The SMILES string of the molecule is Cn1c(-c2ccccc2)cc2c(C(O)C(CO)C(F)(F)F)cc(O)cc21. The highest BCUT2D eigenvalue weighted by atomic mass is 19.4. The first-order valence-electron chi connectivity index (χ1n) is 7.97. The number of alkyl halides is 3. The number of fused-ring (bicyclic) bond motifs is 1. The molecule has 138 valence electrons. The maximum Gasteiger partial charge on any atom is 0.396 e. The number of rotatable bonds is 4. The van der Waals surface area contributed by atoms with Crippen LogP contribution in [0.4, 0.5) is 13.2 Å². The summed E-state index contributed by atoms with van der Waals surface area (Å²) >= 11 is 0. The minimum atomic E-state index is -4.77. The number of phenolic OH excluding ortho intramolecular Hbond substituents is 1. The van der Waals surface area contributed by atoms with Gasteiger partial charge in [-0.3, -0.25) is 0 Å². The third kappa shape index (κ3) is 3.15. The molecule has 2 aromatic carbocycles. The van der Waals surface area contributed by atoms with Crippen molar-refractivity contribution >= 4 is 10.9 Å². The third-order valence-electron chi connectivity index (χ3n) is 4.57. The number of aryl methyl sites for hydroxylation is 1. The number of benzene rings is 2. The Morgan fingerprint density at radius 2 is 1.73 bits per heavy atom. The number of hydrogen-bond acceptors (Lipinski definition) is 3. The molecule has 7 heteroatoms. The molecule has 3 aromatic rings. The summed E-state index contributed by atoms with van der Waals surface area (Å²) in [6.07, 6.45) is -6.77.